The van der Waals surface area contributed by atoms with Gasteiger partial charge in [-0.05, 0) is 49.2 Å². The second-order valence-corrected chi connectivity index (χ2v) is 6.17. The van der Waals surface area contributed by atoms with Crippen LogP contribution in [0, 0.1) is 13.8 Å². The SMILES string of the molecule is Cc1cc2nc(NC(=O)C(=O)NCc3ccco3)sc2cc1C. The van der Waals surface area contributed by atoms with Crippen molar-refractivity contribution in [3.05, 3.63) is 47.4 Å². The van der Waals surface area contributed by atoms with Gasteiger partial charge in [0, 0.05) is 0 Å². The standard InChI is InChI=1S/C16H15N3O3S/c1-9-6-12-13(7-10(9)2)23-16(18-12)19-15(21)14(20)17-8-11-4-3-5-22-11/h3-7H,8H2,1-2H3,(H,17,20)(H,18,19,21). The predicted molar refractivity (Wildman–Crippen MR) is 88.3 cm³/mol. The summed E-state index contributed by atoms with van der Waals surface area (Å²) in [4.78, 5) is 28.0. The lowest BCUT2D eigenvalue weighted by molar-refractivity contribution is -0.136. The van der Waals surface area contributed by atoms with Crippen molar-refractivity contribution in [3.8, 4) is 0 Å². The van der Waals surface area contributed by atoms with Gasteiger partial charge >= 0.3 is 11.8 Å². The van der Waals surface area contributed by atoms with Gasteiger partial charge in [-0.2, -0.15) is 0 Å². The lowest BCUT2D eigenvalue weighted by Crippen LogP contribution is -2.34. The quantitative estimate of drug-likeness (QED) is 0.724. The Hall–Kier alpha value is -2.67. The number of carbonyl (C=O) groups excluding carboxylic acids is 2. The summed E-state index contributed by atoms with van der Waals surface area (Å²) in [6.07, 6.45) is 1.51. The number of furan rings is 1. The van der Waals surface area contributed by atoms with Crippen molar-refractivity contribution in [2.75, 3.05) is 5.32 Å². The van der Waals surface area contributed by atoms with Crippen LogP contribution in [0.4, 0.5) is 5.13 Å². The number of aryl methyl sites for hydroxylation is 2. The monoisotopic (exact) mass is 329 g/mol. The van der Waals surface area contributed by atoms with E-state index in [0.717, 1.165) is 21.3 Å². The van der Waals surface area contributed by atoms with Crippen LogP contribution in [0.1, 0.15) is 16.9 Å². The van der Waals surface area contributed by atoms with Crippen molar-refractivity contribution in [1.29, 1.82) is 0 Å². The number of carbonyl (C=O) groups is 2. The molecule has 0 saturated carbocycles. The number of nitrogens with one attached hydrogen (secondary N) is 2. The van der Waals surface area contributed by atoms with Gasteiger partial charge in [0.15, 0.2) is 5.13 Å². The number of rotatable bonds is 3. The first kappa shape index (κ1) is 15.2. The molecule has 0 spiro atoms. The Morgan fingerprint density at radius 3 is 2.74 bits per heavy atom. The molecule has 2 heterocycles. The van der Waals surface area contributed by atoms with Gasteiger partial charge in [0.25, 0.3) is 0 Å². The molecule has 0 radical (unpaired) electrons. The minimum absolute atomic E-state index is 0.164. The Morgan fingerprint density at radius 1 is 1.22 bits per heavy atom. The van der Waals surface area contributed by atoms with E-state index in [4.69, 9.17) is 4.42 Å². The van der Waals surface area contributed by atoms with E-state index in [1.54, 1.807) is 12.1 Å². The summed E-state index contributed by atoms with van der Waals surface area (Å²) in [5, 5.41) is 5.42. The average molecular weight is 329 g/mol. The van der Waals surface area contributed by atoms with Crippen molar-refractivity contribution in [1.82, 2.24) is 10.3 Å². The summed E-state index contributed by atoms with van der Waals surface area (Å²) < 4.78 is 6.06. The van der Waals surface area contributed by atoms with Crippen LogP contribution in [0.25, 0.3) is 10.2 Å². The molecule has 0 aliphatic rings. The van der Waals surface area contributed by atoms with Crippen molar-refractivity contribution < 1.29 is 14.0 Å². The molecule has 0 fully saturated rings. The highest BCUT2D eigenvalue weighted by Gasteiger charge is 2.16. The summed E-state index contributed by atoms with van der Waals surface area (Å²) in [7, 11) is 0. The molecule has 118 valence electrons. The Kier molecular flexibility index (Phi) is 4.12. The number of nitrogens with zero attached hydrogens (tertiary/aromatic N) is 1. The Labute approximate surface area is 136 Å². The number of hydrogen-bond acceptors (Lipinski definition) is 5. The number of thiazole rings is 1. The van der Waals surface area contributed by atoms with Gasteiger partial charge < -0.3 is 9.73 Å². The predicted octanol–water partition coefficient (Wildman–Crippen LogP) is 2.76. The van der Waals surface area contributed by atoms with E-state index < -0.39 is 11.8 Å². The summed E-state index contributed by atoms with van der Waals surface area (Å²) >= 11 is 1.34. The van der Waals surface area contributed by atoms with E-state index in [-0.39, 0.29) is 6.54 Å². The molecule has 0 saturated heterocycles. The molecular weight excluding hydrogens is 314 g/mol. The van der Waals surface area contributed by atoms with E-state index in [1.165, 1.54) is 17.6 Å². The lowest BCUT2D eigenvalue weighted by Gasteiger charge is -2.02. The molecule has 3 rings (SSSR count). The molecule has 6 nitrogen and oxygen atoms in total. The Morgan fingerprint density at radius 2 is 2.00 bits per heavy atom. The van der Waals surface area contributed by atoms with Crippen LogP contribution < -0.4 is 10.6 Å². The van der Waals surface area contributed by atoms with E-state index in [0.29, 0.717) is 10.9 Å². The van der Waals surface area contributed by atoms with Crippen LogP contribution in [0.2, 0.25) is 0 Å². The van der Waals surface area contributed by atoms with Crippen molar-refractivity contribution >= 4 is 38.5 Å². The van der Waals surface area contributed by atoms with Gasteiger partial charge in [0.05, 0.1) is 23.0 Å². The maximum atomic E-state index is 11.9. The van der Waals surface area contributed by atoms with E-state index in [1.807, 2.05) is 26.0 Å². The second-order valence-electron chi connectivity index (χ2n) is 5.14. The van der Waals surface area contributed by atoms with Crippen LogP contribution in [0.5, 0.6) is 0 Å². The zero-order chi connectivity index (χ0) is 16.4. The molecule has 2 N–H and O–H groups in total. The fraction of sp³-hybridized carbons (Fsp3) is 0.188. The molecular formula is C16H15N3O3S. The molecule has 2 amide bonds. The molecule has 0 bridgehead atoms. The molecule has 0 unspecified atom stereocenters. The minimum atomic E-state index is -0.746. The fourth-order valence-corrected chi connectivity index (χ4v) is 2.99. The number of aromatic nitrogens is 1. The first-order valence-electron chi connectivity index (χ1n) is 7.02. The fourth-order valence-electron chi connectivity index (χ4n) is 2.05. The smallest absolute Gasteiger partial charge is 0.315 e. The third-order valence-corrected chi connectivity index (χ3v) is 4.37. The zero-order valence-electron chi connectivity index (χ0n) is 12.7. The number of benzene rings is 1. The lowest BCUT2D eigenvalue weighted by atomic mass is 10.1. The first-order chi connectivity index (χ1) is 11.0. The normalized spacial score (nSPS) is 10.7. The van der Waals surface area contributed by atoms with Crippen LogP contribution in [0.3, 0.4) is 0 Å². The molecule has 23 heavy (non-hydrogen) atoms. The number of amides is 2. The third-order valence-electron chi connectivity index (χ3n) is 3.43. The molecule has 2 aromatic heterocycles. The number of hydrogen-bond donors (Lipinski definition) is 2. The summed E-state index contributed by atoms with van der Waals surface area (Å²) in [6.45, 7) is 4.20. The van der Waals surface area contributed by atoms with E-state index in [2.05, 4.69) is 15.6 Å². The topological polar surface area (TPSA) is 84.2 Å². The van der Waals surface area contributed by atoms with Gasteiger partial charge in [-0.3, -0.25) is 14.9 Å². The van der Waals surface area contributed by atoms with Crippen LogP contribution in [-0.4, -0.2) is 16.8 Å². The van der Waals surface area contributed by atoms with Crippen molar-refractivity contribution in [2.45, 2.75) is 20.4 Å². The van der Waals surface area contributed by atoms with Crippen molar-refractivity contribution in [3.63, 3.8) is 0 Å². The van der Waals surface area contributed by atoms with Crippen LogP contribution >= 0.6 is 11.3 Å². The van der Waals surface area contributed by atoms with Gasteiger partial charge in [0.2, 0.25) is 0 Å². The highest BCUT2D eigenvalue weighted by atomic mass is 32.1. The third kappa shape index (κ3) is 3.40. The van der Waals surface area contributed by atoms with Gasteiger partial charge in [-0.1, -0.05) is 11.3 Å². The van der Waals surface area contributed by atoms with Gasteiger partial charge in [-0.25, -0.2) is 4.98 Å². The number of anilines is 1. The summed E-state index contributed by atoms with van der Waals surface area (Å²) in [5.74, 6) is -0.894. The molecule has 0 atom stereocenters. The Bertz CT molecular complexity index is 829. The molecule has 0 aliphatic heterocycles. The van der Waals surface area contributed by atoms with E-state index in [9.17, 15) is 9.59 Å². The van der Waals surface area contributed by atoms with Crippen LogP contribution in [0.15, 0.2) is 34.9 Å². The average Bonchev–Trinajstić information content (AvgIpc) is 3.14. The van der Waals surface area contributed by atoms with Crippen LogP contribution in [-0.2, 0) is 16.1 Å². The molecule has 7 heteroatoms. The number of fused-ring (bicyclic) bond motifs is 1. The zero-order valence-corrected chi connectivity index (χ0v) is 13.5. The van der Waals surface area contributed by atoms with E-state index >= 15 is 0 Å². The first-order valence-corrected chi connectivity index (χ1v) is 7.84. The van der Waals surface area contributed by atoms with Crippen molar-refractivity contribution in [2.24, 2.45) is 0 Å². The Balaban J connectivity index is 1.66. The highest BCUT2D eigenvalue weighted by Crippen LogP contribution is 2.28. The summed E-state index contributed by atoms with van der Waals surface area (Å²) in [5.41, 5.74) is 3.11. The minimum Gasteiger partial charge on any atom is -0.467 e. The second kappa shape index (κ2) is 6.21. The summed E-state index contributed by atoms with van der Waals surface area (Å²) in [6, 6.07) is 7.42. The van der Waals surface area contributed by atoms with Gasteiger partial charge in [-0.15, -0.1) is 0 Å². The molecule has 0 aliphatic carbocycles. The maximum Gasteiger partial charge on any atom is 0.315 e. The molecule has 3 aromatic rings. The molecule has 1 aromatic carbocycles. The highest BCUT2D eigenvalue weighted by molar-refractivity contribution is 7.22. The van der Waals surface area contributed by atoms with Gasteiger partial charge in [0.1, 0.15) is 5.76 Å². The maximum absolute atomic E-state index is 11.9. The largest absolute Gasteiger partial charge is 0.467 e.